The molecule has 0 radical (unpaired) electrons. The summed E-state index contributed by atoms with van der Waals surface area (Å²) in [6, 6.07) is 18.0. The van der Waals surface area contributed by atoms with E-state index in [0.29, 0.717) is 27.2 Å². The molecular formula is C28H30Cl3N3O4S. The van der Waals surface area contributed by atoms with E-state index in [1.54, 1.807) is 55.5 Å². The first-order valence-electron chi connectivity index (χ1n) is 12.2. The SMILES string of the molecule is CC(C)CNC(=O)C(C)N(Cc1ccc(Cl)c(Cl)c1)C(=O)CN(c1ccc(Cl)cc1)S(=O)(=O)c1ccccc1. The highest BCUT2D eigenvalue weighted by atomic mass is 35.5. The van der Waals surface area contributed by atoms with Crippen LogP contribution in [0.4, 0.5) is 5.69 Å². The number of nitrogens with one attached hydrogen (secondary N) is 1. The summed E-state index contributed by atoms with van der Waals surface area (Å²) in [7, 11) is -4.14. The van der Waals surface area contributed by atoms with E-state index >= 15 is 0 Å². The minimum atomic E-state index is -4.14. The van der Waals surface area contributed by atoms with Gasteiger partial charge in [0.1, 0.15) is 12.6 Å². The molecular weight excluding hydrogens is 581 g/mol. The molecule has 7 nitrogen and oxygen atoms in total. The Morgan fingerprint density at radius 2 is 1.51 bits per heavy atom. The molecule has 0 bridgehead atoms. The normalized spacial score (nSPS) is 12.2. The molecule has 0 saturated carbocycles. The Morgan fingerprint density at radius 3 is 2.10 bits per heavy atom. The number of nitrogens with zero attached hydrogens (tertiary/aromatic N) is 2. The quantitative estimate of drug-likeness (QED) is 0.287. The number of carbonyl (C=O) groups excluding carboxylic acids is 2. The first kappa shape index (κ1) is 30.8. The molecule has 0 heterocycles. The average molecular weight is 611 g/mol. The number of rotatable bonds is 11. The van der Waals surface area contributed by atoms with Gasteiger partial charge in [0.2, 0.25) is 11.8 Å². The van der Waals surface area contributed by atoms with Crippen molar-refractivity contribution < 1.29 is 18.0 Å². The van der Waals surface area contributed by atoms with Crippen molar-refractivity contribution in [1.82, 2.24) is 10.2 Å². The Morgan fingerprint density at radius 1 is 0.872 bits per heavy atom. The minimum Gasteiger partial charge on any atom is -0.354 e. The number of amides is 2. The second kappa shape index (κ2) is 13.5. The molecule has 2 amide bonds. The van der Waals surface area contributed by atoms with Crippen LogP contribution in [0.15, 0.2) is 77.7 Å². The first-order chi connectivity index (χ1) is 18.4. The van der Waals surface area contributed by atoms with Gasteiger partial charge in [0, 0.05) is 18.1 Å². The minimum absolute atomic E-state index is 0.00578. The molecule has 1 atom stereocenters. The van der Waals surface area contributed by atoms with Gasteiger partial charge in [-0.3, -0.25) is 13.9 Å². The molecule has 0 aliphatic carbocycles. The topological polar surface area (TPSA) is 86.8 Å². The molecule has 39 heavy (non-hydrogen) atoms. The highest BCUT2D eigenvalue weighted by molar-refractivity contribution is 7.92. The predicted octanol–water partition coefficient (Wildman–Crippen LogP) is 6.03. The zero-order valence-corrected chi connectivity index (χ0v) is 24.9. The van der Waals surface area contributed by atoms with Crippen LogP contribution in [0.1, 0.15) is 26.3 Å². The maximum absolute atomic E-state index is 13.9. The fourth-order valence-corrected chi connectivity index (χ4v) is 5.61. The Balaban J connectivity index is 2.01. The van der Waals surface area contributed by atoms with E-state index in [1.807, 2.05) is 13.8 Å². The van der Waals surface area contributed by atoms with Crippen LogP contribution in [0.5, 0.6) is 0 Å². The van der Waals surface area contributed by atoms with Crippen LogP contribution in [0, 0.1) is 5.92 Å². The molecule has 3 rings (SSSR count). The molecule has 0 aliphatic heterocycles. The summed E-state index contributed by atoms with van der Waals surface area (Å²) in [5.41, 5.74) is 0.883. The number of anilines is 1. The third kappa shape index (κ3) is 8.11. The van der Waals surface area contributed by atoms with Crippen LogP contribution in [-0.4, -0.2) is 44.3 Å². The van der Waals surface area contributed by atoms with Crippen LogP contribution in [0.3, 0.4) is 0 Å². The number of hydrogen-bond donors (Lipinski definition) is 1. The summed E-state index contributed by atoms with van der Waals surface area (Å²) in [5.74, 6) is -0.736. The summed E-state index contributed by atoms with van der Waals surface area (Å²) in [5, 5.41) is 3.91. The number of benzene rings is 3. The molecule has 208 valence electrons. The number of sulfonamides is 1. The van der Waals surface area contributed by atoms with E-state index in [4.69, 9.17) is 34.8 Å². The Kier molecular flexibility index (Phi) is 10.7. The van der Waals surface area contributed by atoms with Gasteiger partial charge in [-0.1, -0.05) is 72.9 Å². The summed E-state index contributed by atoms with van der Waals surface area (Å²) >= 11 is 18.3. The Hall–Kier alpha value is -2.78. The lowest BCUT2D eigenvalue weighted by Gasteiger charge is -2.32. The van der Waals surface area contributed by atoms with Gasteiger partial charge in [-0.2, -0.15) is 0 Å². The lowest BCUT2D eigenvalue weighted by atomic mass is 10.1. The fourth-order valence-electron chi connectivity index (χ4n) is 3.73. The van der Waals surface area contributed by atoms with Crippen molar-refractivity contribution in [2.24, 2.45) is 5.92 Å². The van der Waals surface area contributed by atoms with E-state index in [-0.39, 0.29) is 29.0 Å². The second-order valence-electron chi connectivity index (χ2n) is 9.39. The molecule has 0 saturated heterocycles. The fraction of sp³-hybridized carbons (Fsp3) is 0.286. The standard InChI is InChI=1S/C28H30Cl3N3O4S/c1-19(2)16-32-28(36)20(3)33(17-21-9-14-25(30)26(31)15-21)27(35)18-34(23-12-10-22(29)11-13-23)39(37,38)24-7-5-4-6-8-24/h4-15,19-20H,16-18H2,1-3H3,(H,32,36). The van der Waals surface area contributed by atoms with Gasteiger partial charge in [0.05, 0.1) is 20.6 Å². The lowest BCUT2D eigenvalue weighted by Crippen LogP contribution is -2.51. The van der Waals surface area contributed by atoms with Crippen molar-refractivity contribution in [3.63, 3.8) is 0 Å². The highest BCUT2D eigenvalue weighted by Crippen LogP contribution is 2.27. The average Bonchev–Trinajstić information content (AvgIpc) is 2.91. The first-order valence-corrected chi connectivity index (χ1v) is 14.8. The van der Waals surface area contributed by atoms with Crippen molar-refractivity contribution in [1.29, 1.82) is 0 Å². The van der Waals surface area contributed by atoms with Crippen LogP contribution >= 0.6 is 34.8 Å². The molecule has 0 aliphatic rings. The van der Waals surface area contributed by atoms with Crippen LogP contribution < -0.4 is 9.62 Å². The van der Waals surface area contributed by atoms with Gasteiger partial charge in [-0.25, -0.2) is 8.42 Å². The Bertz CT molecular complexity index is 1400. The van der Waals surface area contributed by atoms with Crippen molar-refractivity contribution in [2.75, 3.05) is 17.4 Å². The van der Waals surface area contributed by atoms with E-state index < -0.39 is 28.5 Å². The van der Waals surface area contributed by atoms with Crippen molar-refractivity contribution in [3.8, 4) is 0 Å². The van der Waals surface area contributed by atoms with Gasteiger partial charge < -0.3 is 10.2 Å². The molecule has 0 fully saturated rings. The van der Waals surface area contributed by atoms with Crippen molar-refractivity contribution >= 4 is 62.3 Å². The Labute approximate surface area is 244 Å². The van der Waals surface area contributed by atoms with E-state index in [1.165, 1.54) is 29.2 Å². The summed E-state index contributed by atoms with van der Waals surface area (Å²) in [6.45, 7) is 5.40. The summed E-state index contributed by atoms with van der Waals surface area (Å²) in [6.07, 6.45) is 0. The van der Waals surface area contributed by atoms with Crippen molar-refractivity contribution in [2.45, 2.75) is 38.3 Å². The third-order valence-electron chi connectivity index (χ3n) is 5.91. The van der Waals surface area contributed by atoms with Gasteiger partial charge >= 0.3 is 0 Å². The monoisotopic (exact) mass is 609 g/mol. The van der Waals surface area contributed by atoms with Gasteiger partial charge in [-0.15, -0.1) is 0 Å². The number of hydrogen-bond acceptors (Lipinski definition) is 4. The zero-order valence-electron chi connectivity index (χ0n) is 21.8. The van der Waals surface area contributed by atoms with Crippen LogP contribution in [-0.2, 0) is 26.2 Å². The lowest BCUT2D eigenvalue weighted by molar-refractivity contribution is -0.139. The molecule has 3 aromatic carbocycles. The summed E-state index contributed by atoms with van der Waals surface area (Å²) in [4.78, 5) is 28.2. The third-order valence-corrected chi connectivity index (χ3v) is 8.69. The number of carbonyl (C=O) groups is 2. The predicted molar refractivity (Wildman–Crippen MR) is 157 cm³/mol. The zero-order chi connectivity index (χ0) is 28.7. The molecule has 3 aromatic rings. The molecule has 0 spiro atoms. The van der Waals surface area contributed by atoms with E-state index in [2.05, 4.69) is 5.32 Å². The second-order valence-corrected chi connectivity index (χ2v) is 12.5. The van der Waals surface area contributed by atoms with Crippen LogP contribution in [0.2, 0.25) is 15.1 Å². The maximum Gasteiger partial charge on any atom is 0.264 e. The largest absolute Gasteiger partial charge is 0.354 e. The molecule has 11 heteroatoms. The maximum atomic E-state index is 13.9. The van der Waals surface area contributed by atoms with Crippen LogP contribution in [0.25, 0.3) is 0 Å². The van der Waals surface area contributed by atoms with E-state index in [9.17, 15) is 18.0 Å². The molecule has 0 aromatic heterocycles. The number of halogens is 3. The van der Waals surface area contributed by atoms with Gasteiger partial charge in [0.25, 0.3) is 10.0 Å². The highest BCUT2D eigenvalue weighted by Gasteiger charge is 2.32. The van der Waals surface area contributed by atoms with Gasteiger partial charge in [0.15, 0.2) is 0 Å². The molecule has 1 N–H and O–H groups in total. The van der Waals surface area contributed by atoms with Crippen molar-refractivity contribution in [3.05, 3.63) is 93.4 Å². The smallest absolute Gasteiger partial charge is 0.264 e. The van der Waals surface area contributed by atoms with Gasteiger partial charge in [-0.05, 0) is 66.9 Å². The van der Waals surface area contributed by atoms with E-state index in [0.717, 1.165) is 4.31 Å². The molecule has 1 unspecified atom stereocenters. The summed E-state index contributed by atoms with van der Waals surface area (Å²) < 4.78 is 28.4.